The summed E-state index contributed by atoms with van der Waals surface area (Å²) in [6.45, 7) is 4.83. The molecule has 1 heterocycles. The van der Waals surface area contributed by atoms with Crippen molar-refractivity contribution in [3.8, 4) is 5.75 Å². The molecule has 0 aromatic heterocycles. The molecule has 29 heavy (non-hydrogen) atoms. The molecule has 3 rings (SSSR count). The number of carbonyl (C=O) groups excluding carboxylic acids is 1. The Kier molecular flexibility index (Phi) is 6.56. The van der Waals surface area contributed by atoms with Gasteiger partial charge in [0.05, 0.1) is 13.7 Å². The summed E-state index contributed by atoms with van der Waals surface area (Å²) in [5.74, 6) is 0.239. The number of aryl methyl sites for hydroxylation is 2. The van der Waals surface area contributed by atoms with Crippen molar-refractivity contribution in [1.82, 2.24) is 8.61 Å². The van der Waals surface area contributed by atoms with E-state index < -0.39 is 10.2 Å². The Balaban J connectivity index is 1.69. The molecule has 0 radical (unpaired) electrons. The molecule has 2 aromatic rings. The molecule has 7 nitrogen and oxygen atoms in total. The van der Waals surface area contributed by atoms with Gasteiger partial charge in [-0.2, -0.15) is 17.0 Å². The predicted octanol–water partition coefficient (Wildman–Crippen LogP) is 2.70. The van der Waals surface area contributed by atoms with Crippen molar-refractivity contribution < 1.29 is 17.9 Å². The van der Waals surface area contributed by atoms with Gasteiger partial charge in [0.25, 0.3) is 10.2 Å². The molecule has 0 aliphatic carbocycles. The van der Waals surface area contributed by atoms with Crippen molar-refractivity contribution >= 4 is 21.8 Å². The van der Waals surface area contributed by atoms with E-state index >= 15 is 0 Å². The maximum atomic E-state index is 13.1. The van der Waals surface area contributed by atoms with E-state index in [2.05, 4.69) is 5.32 Å². The molecule has 0 spiro atoms. The van der Waals surface area contributed by atoms with Crippen molar-refractivity contribution in [3.63, 3.8) is 0 Å². The Bertz CT molecular complexity index is 991. The molecule has 1 aliphatic rings. The number of hydrogen-bond donors (Lipinski definition) is 1. The average molecular weight is 418 g/mol. The molecule has 8 heteroatoms. The highest BCUT2D eigenvalue weighted by molar-refractivity contribution is 7.86. The monoisotopic (exact) mass is 417 g/mol. The Labute approximate surface area is 172 Å². The quantitative estimate of drug-likeness (QED) is 0.784. The van der Waals surface area contributed by atoms with Gasteiger partial charge in [-0.05, 0) is 43.5 Å². The van der Waals surface area contributed by atoms with Crippen molar-refractivity contribution in [2.45, 2.75) is 26.8 Å². The van der Waals surface area contributed by atoms with Crippen LogP contribution < -0.4 is 10.1 Å². The number of benzene rings is 2. The highest BCUT2D eigenvalue weighted by Gasteiger charge is 2.34. The maximum Gasteiger partial charge on any atom is 0.282 e. The SMILES string of the molecule is COc1cccc(NC(=O)CN2CCCN(Cc3cc(C)ccc3C)S2(=O)=O)c1. The number of nitrogens with zero attached hydrogens (tertiary/aromatic N) is 2. The van der Waals surface area contributed by atoms with Gasteiger partial charge in [0.1, 0.15) is 5.75 Å². The largest absolute Gasteiger partial charge is 0.497 e. The Morgan fingerprint density at radius 1 is 1.10 bits per heavy atom. The lowest BCUT2D eigenvalue weighted by molar-refractivity contribution is -0.116. The molecule has 156 valence electrons. The fourth-order valence-electron chi connectivity index (χ4n) is 3.36. The van der Waals surface area contributed by atoms with E-state index in [9.17, 15) is 13.2 Å². The lowest BCUT2D eigenvalue weighted by Gasteiger charge is -2.34. The predicted molar refractivity (Wildman–Crippen MR) is 113 cm³/mol. The number of methoxy groups -OCH3 is 1. The van der Waals surface area contributed by atoms with Crippen LogP contribution in [0.3, 0.4) is 0 Å². The molecule has 0 atom stereocenters. The molecular formula is C21H27N3O4S. The van der Waals surface area contributed by atoms with E-state index in [0.717, 1.165) is 16.7 Å². The molecule has 1 fully saturated rings. The maximum absolute atomic E-state index is 13.1. The van der Waals surface area contributed by atoms with Crippen LogP contribution in [-0.2, 0) is 21.5 Å². The third-order valence-corrected chi connectivity index (χ3v) is 6.92. The van der Waals surface area contributed by atoms with Crippen LogP contribution in [0.25, 0.3) is 0 Å². The zero-order valence-corrected chi connectivity index (χ0v) is 17.8. The van der Waals surface area contributed by atoms with Crippen molar-refractivity contribution in [2.24, 2.45) is 0 Å². The second-order valence-electron chi connectivity index (χ2n) is 7.24. The van der Waals surface area contributed by atoms with Gasteiger partial charge < -0.3 is 10.1 Å². The lowest BCUT2D eigenvalue weighted by atomic mass is 10.1. The molecule has 1 saturated heterocycles. The van der Waals surface area contributed by atoms with Crippen LogP contribution in [0, 0.1) is 13.8 Å². The van der Waals surface area contributed by atoms with Crippen LogP contribution in [0.5, 0.6) is 5.75 Å². The van der Waals surface area contributed by atoms with Crippen molar-refractivity contribution in [3.05, 3.63) is 59.2 Å². The Hall–Kier alpha value is -2.42. The smallest absolute Gasteiger partial charge is 0.282 e. The fourth-order valence-corrected chi connectivity index (χ4v) is 4.99. The number of nitrogens with one attached hydrogen (secondary N) is 1. The van der Waals surface area contributed by atoms with E-state index in [1.54, 1.807) is 31.4 Å². The molecule has 0 saturated carbocycles. The summed E-state index contributed by atoms with van der Waals surface area (Å²) in [5.41, 5.74) is 3.69. The summed E-state index contributed by atoms with van der Waals surface area (Å²) in [4.78, 5) is 12.5. The lowest BCUT2D eigenvalue weighted by Crippen LogP contribution is -2.51. The standard InChI is InChI=1S/C21H27N3O4S/c1-16-8-9-17(2)18(12-16)14-23-10-5-11-24(29(23,26)27)15-21(25)22-19-6-4-7-20(13-19)28-3/h4,6-9,12-13H,5,10-11,14-15H2,1-3H3,(H,22,25). The number of ether oxygens (including phenoxy) is 1. The number of amides is 1. The van der Waals surface area contributed by atoms with Crippen LogP contribution >= 0.6 is 0 Å². The van der Waals surface area contributed by atoms with Crippen LogP contribution in [0.15, 0.2) is 42.5 Å². The van der Waals surface area contributed by atoms with Gasteiger partial charge in [0.15, 0.2) is 0 Å². The molecule has 2 aromatic carbocycles. The summed E-state index contributed by atoms with van der Waals surface area (Å²) >= 11 is 0. The van der Waals surface area contributed by atoms with Gasteiger partial charge in [0.2, 0.25) is 5.91 Å². The van der Waals surface area contributed by atoms with Crippen molar-refractivity contribution in [1.29, 1.82) is 0 Å². The minimum Gasteiger partial charge on any atom is -0.497 e. The van der Waals surface area contributed by atoms with Crippen LogP contribution in [-0.4, -0.2) is 49.7 Å². The molecule has 1 aliphatic heterocycles. The van der Waals surface area contributed by atoms with Gasteiger partial charge in [-0.1, -0.05) is 29.8 Å². The second kappa shape index (κ2) is 8.94. The third-order valence-electron chi connectivity index (χ3n) is 4.99. The molecule has 0 unspecified atom stereocenters. The summed E-state index contributed by atoms with van der Waals surface area (Å²) in [7, 11) is -2.16. The zero-order valence-electron chi connectivity index (χ0n) is 17.0. The number of carbonyl (C=O) groups is 1. The minimum absolute atomic E-state index is 0.219. The number of anilines is 1. The first-order valence-corrected chi connectivity index (χ1v) is 10.9. The Morgan fingerprint density at radius 3 is 2.62 bits per heavy atom. The van der Waals surface area contributed by atoms with Crippen LogP contribution in [0.1, 0.15) is 23.1 Å². The number of rotatable bonds is 6. The summed E-state index contributed by atoms with van der Waals surface area (Å²) in [5, 5.41) is 2.74. The summed E-state index contributed by atoms with van der Waals surface area (Å²) < 4.78 is 34.0. The molecule has 1 N–H and O–H groups in total. The topological polar surface area (TPSA) is 79.0 Å². The van der Waals surface area contributed by atoms with E-state index in [1.165, 1.54) is 8.61 Å². The minimum atomic E-state index is -3.71. The Morgan fingerprint density at radius 2 is 1.86 bits per heavy atom. The molecule has 0 bridgehead atoms. The third kappa shape index (κ3) is 5.14. The first-order valence-electron chi connectivity index (χ1n) is 9.55. The molecule has 1 amide bonds. The van der Waals surface area contributed by atoms with Gasteiger partial charge in [-0.25, -0.2) is 0 Å². The van der Waals surface area contributed by atoms with E-state index in [4.69, 9.17) is 4.74 Å². The van der Waals surface area contributed by atoms with Crippen molar-refractivity contribution in [2.75, 3.05) is 32.1 Å². The van der Waals surface area contributed by atoms with Crippen LogP contribution in [0.2, 0.25) is 0 Å². The average Bonchev–Trinajstić information content (AvgIpc) is 2.68. The first kappa shape index (κ1) is 21.3. The highest BCUT2D eigenvalue weighted by Crippen LogP contribution is 2.22. The van der Waals surface area contributed by atoms with E-state index in [-0.39, 0.29) is 12.5 Å². The summed E-state index contributed by atoms with van der Waals surface area (Å²) in [6, 6.07) is 13.0. The van der Waals surface area contributed by atoms with Gasteiger partial charge >= 0.3 is 0 Å². The van der Waals surface area contributed by atoms with Gasteiger partial charge in [-0.15, -0.1) is 0 Å². The fraction of sp³-hybridized carbons (Fsp3) is 0.381. The van der Waals surface area contributed by atoms with Gasteiger partial charge in [0, 0.05) is 31.4 Å². The zero-order chi connectivity index (χ0) is 21.0. The first-order chi connectivity index (χ1) is 13.8. The van der Waals surface area contributed by atoms with Gasteiger partial charge in [-0.3, -0.25) is 4.79 Å². The van der Waals surface area contributed by atoms with E-state index in [0.29, 0.717) is 37.5 Å². The summed E-state index contributed by atoms with van der Waals surface area (Å²) in [6.07, 6.45) is 0.677. The second-order valence-corrected chi connectivity index (χ2v) is 9.17. The normalized spacial score (nSPS) is 17.1. The highest BCUT2D eigenvalue weighted by atomic mass is 32.2. The number of hydrogen-bond acceptors (Lipinski definition) is 4. The van der Waals surface area contributed by atoms with Crippen LogP contribution in [0.4, 0.5) is 5.69 Å². The van der Waals surface area contributed by atoms with E-state index in [1.807, 2.05) is 32.0 Å². The molecular weight excluding hydrogens is 390 g/mol.